The van der Waals surface area contributed by atoms with Gasteiger partial charge in [0.25, 0.3) is 15.9 Å². The van der Waals surface area contributed by atoms with Gasteiger partial charge in [0.05, 0.1) is 23.9 Å². The van der Waals surface area contributed by atoms with Crippen molar-refractivity contribution in [2.75, 3.05) is 18.0 Å². The number of carbonyl (C=O) groups excluding carboxylic acids is 1. The van der Waals surface area contributed by atoms with Gasteiger partial charge in [-0.15, -0.1) is 0 Å². The molecule has 3 aromatic rings. The minimum atomic E-state index is -4.05. The van der Waals surface area contributed by atoms with Crippen LogP contribution in [-0.2, 0) is 14.8 Å². The van der Waals surface area contributed by atoms with Gasteiger partial charge in [0.15, 0.2) is 0 Å². The van der Waals surface area contributed by atoms with Gasteiger partial charge < -0.3 is 4.74 Å². The van der Waals surface area contributed by atoms with E-state index in [9.17, 15) is 13.2 Å². The number of carbonyl (C=O) groups is 1. The summed E-state index contributed by atoms with van der Waals surface area (Å²) < 4.78 is 33.4. The number of hydrogen-bond donors (Lipinski definition) is 1. The zero-order valence-corrected chi connectivity index (χ0v) is 20.8. The van der Waals surface area contributed by atoms with Gasteiger partial charge in [-0.25, -0.2) is 13.8 Å². The van der Waals surface area contributed by atoms with Gasteiger partial charge in [0.1, 0.15) is 12.3 Å². The number of nitrogens with zero attached hydrogens (tertiary/aromatic N) is 2. The van der Waals surface area contributed by atoms with Crippen LogP contribution < -0.4 is 14.5 Å². The highest BCUT2D eigenvalue weighted by Crippen LogP contribution is 2.32. The number of nitrogens with one attached hydrogen (secondary N) is 1. The average Bonchev–Trinajstić information content (AvgIpc) is 2.82. The van der Waals surface area contributed by atoms with Crippen molar-refractivity contribution in [1.29, 1.82) is 0 Å². The largest absolute Gasteiger partial charge is 0.495 e. The molecule has 7 nitrogen and oxygen atoms in total. The lowest BCUT2D eigenvalue weighted by Gasteiger charge is -2.25. The van der Waals surface area contributed by atoms with Crippen molar-refractivity contribution in [2.45, 2.75) is 32.6 Å². The lowest BCUT2D eigenvalue weighted by molar-refractivity contribution is -0.119. The van der Waals surface area contributed by atoms with E-state index in [4.69, 9.17) is 4.74 Å². The maximum atomic E-state index is 13.5. The van der Waals surface area contributed by atoms with Gasteiger partial charge in [-0.3, -0.25) is 9.10 Å². The number of aryl methyl sites for hydroxylation is 2. The van der Waals surface area contributed by atoms with Crippen LogP contribution >= 0.6 is 0 Å². The van der Waals surface area contributed by atoms with E-state index in [1.807, 2.05) is 39.8 Å². The molecule has 8 heteroatoms. The second-order valence-corrected chi connectivity index (χ2v) is 9.87. The summed E-state index contributed by atoms with van der Waals surface area (Å²) in [6, 6.07) is 17.0. The number of hydrazone groups is 1. The highest BCUT2D eigenvalue weighted by Gasteiger charge is 2.29. The predicted octanol–water partition coefficient (Wildman–Crippen LogP) is 4.27. The molecule has 0 saturated carbocycles. The van der Waals surface area contributed by atoms with Crippen LogP contribution in [-0.4, -0.2) is 34.2 Å². The Balaban J connectivity index is 1.89. The van der Waals surface area contributed by atoms with Crippen LogP contribution in [0.1, 0.15) is 27.8 Å². The van der Waals surface area contributed by atoms with Crippen molar-refractivity contribution in [2.24, 2.45) is 5.10 Å². The minimum Gasteiger partial charge on any atom is -0.495 e. The van der Waals surface area contributed by atoms with Crippen molar-refractivity contribution in [3.63, 3.8) is 0 Å². The molecule has 0 unspecified atom stereocenters. The Bertz CT molecular complexity index is 1320. The molecule has 0 aliphatic rings. The molecule has 178 valence electrons. The Kier molecular flexibility index (Phi) is 7.73. The molecule has 1 amide bonds. The lowest BCUT2D eigenvalue weighted by atomic mass is 10.00. The second kappa shape index (κ2) is 10.5. The van der Waals surface area contributed by atoms with Crippen LogP contribution in [0.4, 0.5) is 5.69 Å². The number of hydrogen-bond acceptors (Lipinski definition) is 5. The van der Waals surface area contributed by atoms with Crippen LogP contribution in [0.3, 0.4) is 0 Å². The molecule has 0 spiro atoms. The fraction of sp³-hybridized carbons (Fsp3) is 0.231. The predicted molar refractivity (Wildman–Crippen MR) is 135 cm³/mol. The van der Waals surface area contributed by atoms with Crippen LogP contribution in [0.2, 0.25) is 0 Å². The smallest absolute Gasteiger partial charge is 0.264 e. The molecule has 0 aliphatic heterocycles. The summed E-state index contributed by atoms with van der Waals surface area (Å²) in [5, 5.41) is 4.05. The molecule has 0 atom stereocenters. The Morgan fingerprint density at radius 3 is 2.32 bits per heavy atom. The van der Waals surface area contributed by atoms with Crippen LogP contribution in [0.5, 0.6) is 5.75 Å². The molecule has 0 radical (unpaired) electrons. The van der Waals surface area contributed by atoms with Crippen LogP contribution in [0, 0.1) is 27.7 Å². The zero-order chi connectivity index (χ0) is 24.9. The van der Waals surface area contributed by atoms with Crippen LogP contribution in [0.15, 0.2) is 70.7 Å². The highest BCUT2D eigenvalue weighted by atomic mass is 32.2. The quantitative estimate of drug-likeness (QED) is 0.386. The topological polar surface area (TPSA) is 88.1 Å². The van der Waals surface area contributed by atoms with E-state index in [0.29, 0.717) is 5.75 Å². The van der Waals surface area contributed by atoms with E-state index in [-0.39, 0.29) is 10.6 Å². The number of benzene rings is 3. The van der Waals surface area contributed by atoms with E-state index < -0.39 is 22.5 Å². The van der Waals surface area contributed by atoms with Crippen molar-refractivity contribution >= 4 is 27.8 Å². The fourth-order valence-corrected chi connectivity index (χ4v) is 4.86. The summed E-state index contributed by atoms with van der Waals surface area (Å²) in [5.74, 6) is -0.250. The molecule has 0 saturated heterocycles. The maximum absolute atomic E-state index is 13.5. The summed E-state index contributed by atoms with van der Waals surface area (Å²) in [4.78, 5) is 12.9. The van der Waals surface area contributed by atoms with Gasteiger partial charge in [-0.2, -0.15) is 5.10 Å². The summed E-state index contributed by atoms with van der Waals surface area (Å²) in [7, 11) is -2.60. The first kappa shape index (κ1) is 25.0. The van der Waals surface area contributed by atoms with Crippen molar-refractivity contribution in [3.05, 3.63) is 88.5 Å². The summed E-state index contributed by atoms with van der Waals surface area (Å²) in [5.41, 5.74) is 7.90. The molecular weight excluding hydrogens is 450 g/mol. The molecule has 0 heterocycles. The third kappa shape index (κ3) is 5.46. The molecule has 1 N–H and O–H groups in total. The van der Waals surface area contributed by atoms with E-state index in [2.05, 4.69) is 10.5 Å². The SMILES string of the molecule is COc1ccccc1N(CC(=O)N/N=C\c1ccc(C)c(C)c1C)S(=O)(=O)c1ccc(C)cc1. The third-order valence-corrected chi connectivity index (χ3v) is 7.52. The Morgan fingerprint density at radius 1 is 0.971 bits per heavy atom. The van der Waals surface area contributed by atoms with E-state index in [1.54, 1.807) is 42.6 Å². The Labute approximate surface area is 201 Å². The zero-order valence-electron chi connectivity index (χ0n) is 20.0. The normalized spacial score (nSPS) is 11.4. The van der Waals surface area contributed by atoms with Gasteiger partial charge in [0.2, 0.25) is 0 Å². The standard InChI is InChI=1S/C26H29N3O4S/c1-18-10-14-23(15-11-18)34(31,32)29(24-8-6-7-9-25(24)33-5)17-26(30)28-27-16-22-13-12-19(2)20(3)21(22)4/h6-16H,17H2,1-5H3,(H,28,30)/b27-16-. The molecule has 0 fully saturated rings. The van der Waals surface area contributed by atoms with Crippen LogP contribution in [0.25, 0.3) is 0 Å². The summed E-state index contributed by atoms with van der Waals surface area (Å²) in [6.45, 7) is 7.45. The average molecular weight is 480 g/mol. The van der Waals surface area contributed by atoms with Gasteiger partial charge in [0, 0.05) is 0 Å². The maximum Gasteiger partial charge on any atom is 0.264 e. The molecular formula is C26H29N3O4S. The molecule has 3 rings (SSSR count). The number of methoxy groups -OCH3 is 1. The van der Waals surface area contributed by atoms with Crippen molar-refractivity contribution in [1.82, 2.24) is 5.43 Å². The van der Waals surface area contributed by atoms with E-state index in [1.165, 1.54) is 24.8 Å². The second-order valence-electron chi connectivity index (χ2n) is 8.01. The molecule has 34 heavy (non-hydrogen) atoms. The van der Waals surface area contributed by atoms with E-state index in [0.717, 1.165) is 26.6 Å². The minimum absolute atomic E-state index is 0.0751. The first-order valence-electron chi connectivity index (χ1n) is 10.8. The monoisotopic (exact) mass is 479 g/mol. The Hall–Kier alpha value is -3.65. The number of rotatable bonds is 8. The highest BCUT2D eigenvalue weighted by molar-refractivity contribution is 7.92. The number of sulfonamides is 1. The van der Waals surface area contributed by atoms with E-state index >= 15 is 0 Å². The van der Waals surface area contributed by atoms with Crippen molar-refractivity contribution < 1.29 is 17.9 Å². The summed E-state index contributed by atoms with van der Waals surface area (Å²) >= 11 is 0. The van der Waals surface area contributed by atoms with Crippen molar-refractivity contribution in [3.8, 4) is 5.75 Å². The Morgan fingerprint density at radius 2 is 1.65 bits per heavy atom. The number of amides is 1. The number of para-hydroxylation sites is 2. The third-order valence-electron chi connectivity index (χ3n) is 5.74. The molecule has 0 aromatic heterocycles. The van der Waals surface area contributed by atoms with Gasteiger partial charge in [-0.05, 0) is 74.2 Å². The number of anilines is 1. The first-order chi connectivity index (χ1) is 16.1. The van der Waals surface area contributed by atoms with Gasteiger partial charge >= 0.3 is 0 Å². The number of ether oxygens (including phenoxy) is 1. The summed E-state index contributed by atoms with van der Waals surface area (Å²) in [6.07, 6.45) is 1.56. The lowest BCUT2D eigenvalue weighted by Crippen LogP contribution is -2.39. The molecule has 0 bridgehead atoms. The fourth-order valence-electron chi connectivity index (χ4n) is 3.43. The molecule has 0 aliphatic carbocycles. The molecule has 3 aromatic carbocycles. The van der Waals surface area contributed by atoms with Gasteiger partial charge in [-0.1, -0.05) is 42.0 Å². The first-order valence-corrected chi connectivity index (χ1v) is 12.2.